The zero-order valence-electron chi connectivity index (χ0n) is 13.4. The Hall–Kier alpha value is -3.01. The summed E-state index contributed by atoms with van der Waals surface area (Å²) in [6.07, 6.45) is 3.31. The quantitative estimate of drug-likeness (QED) is 0.804. The van der Waals surface area contributed by atoms with E-state index in [9.17, 15) is 4.79 Å². The van der Waals surface area contributed by atoms with E-state index < -0.39 is 0 Å². The van der Waals surface area contributed by atoms with Crippen molar-refractivity contribution in [2.75, 3.05) is 7.05 Å². The Bertz CT molecular complexity index is 976. The minimum atomic E-state index is -0.0628. The molecule has 1 amide bonds. The van der Waals surface area contributed by atoms with Crippen LogP contribution >= 0.6 is 0 Å². The molecule has 118 valence electrons. The molecule has 0 radical (unpaired) electrons. The second-order valence-corrected chi connectivity index (χ2v) is 5.94. The van der Waals surface area contributed by atoms with Gasteiger partial charge in [-0.05, 0) is 29.1 Å². The number of rotatable bonds is 3. The summed E-state index contributed by atoms with van der Waals surface area (Å²) in [4.78, 5) is 21.3. The fraction of sp³-hybridized carbons (Fsp3) is 0.150. The predicted molar refractivity (Wildman–Crippen MR) is 96.1 cm³/mol. The summed E-state index contributed by atoms with van der Waals surface area (Å²) in [6.45, 7) is 0. The fourth-order valence-corrected chi connectivity index (χ4v) is 3.16. The highest BCUT2D eigenvalue weighted by Crippen LogP contribution is 2.30. The zero-order valence-corrected chi connectivity index (χ0v) is 13.4. The van der Waals surface area contributed by atoms with E-state index >= 15 is 0 Å². The number of nitrogens with zero attached hydrogens (tertiary/aromatic N) is 2. The van der Waals surface area contributed by atoms with E-state index in [0.29, 0.717) is 18.4 Å². The van der Waals surface area contributed by atoms with Crippen LogP contribution < -0.4 is 5.32 Å². The molecule has 1 aromatic heterocycles. The minimum Gasteiger partial charge on any atom is -0.355 e. The molecule has 1 aliphatic rings. The molecule has 0 saturated carbocycles. The molecule has 3 aromatic rings. The summed E-state index contributed by atoms with van der Waals surface area (Å²) in [5, 5.41) is 5.02. The van der Waals surface area contributed by atoms with Gasteiger partial charge in [-0.25, -0.2) is 0 Å². The summed E-state index contributed by atoms with van der Waals surface area (Å²) < 4.78 is 0. The van der Waals surface area contributed by atoms with Gasteiger partial charge in [0.25, 0.3) is 5.91 Å². The Kier molecular flexibility index (Phi) is 3.58. The van der Waals surface area contributed by atoms with Crippen LogP contribution in [0, 0.1) is 0 Å². The van der Waals surface area contributed by atoms with E-state index in [1.165, 1.54) is 5.39 Å². The van der Waals surface area contributed by atoms with Crippen molar-refractivity contribution in [2.45, 2.75) is 12.8 Å². The van der Waals surface area contributed by atoms with Crippen LogP contribution in [0.3, 0.4) is 0 Å². The van der Waals surface area contributed by atoms with Crippen LogP contribution in [0.5, 0.6) is 0 Å². The van der Waals surface area contributed by atoms with Crippen LogP contribution in [0.4, 0.5) is 5.69 Å². The van der Waals surface area contributed by atoms with Gasteiger partial charge >= 0.3 is 0 Å². The first-order valence-electron chi connectivity index (χ1n) is 7.98. The lowest BCUT2D eigenvalue weighted by molar-refractivity contribution is 0.0962. The molecule has 0 bridgehead atoms. The molecule has 2 aromatic carbocycles. The third-order valence-electron chi connectivity index (χ3n) is 4.36. The van der Waals surface area contributed by atoms with E-state index in [0.717, 1.165) is 28.0 Å². The van der Waals surface area contributed by atoms with Gasteiger partial charge in [-0.2, -0.15) is 0 Å². The van der Waals surface area contributed by atoms with Crippen molar-refractivity contribution in [1.82, 2.24) is 10.3 Å². The lowest BCUT2D eigenvalue weighted by atomic mass is 10.00. The molecule has 0 aliphatic carbocycles. The van der Waals surface area contributed by atoms with Gasteiger partial charge in [-0.3, -0.25) is 14.8 Å². The molecular formula is C20H17N3O. The molecule has 2 heterocycles. The highest BCUT2D eigenvalue weighted by molar-refractivity contribution is 6.03. The number of benzene rings is 2. The number of aliphatic imine (C=N–C) groups is 1. The number of pyridine rings is 1. The monoisotopic (exact) mass is 315 g/mol. The van der Waals surface area contributed by atoms with E-state index in [1.807, 2.05) is 36.5 Å². The third-order valence-corrected chi connectivity index (χ3v) is 4.36. The smallest absolute Gasteiger partial charge is 0.251 e. The van der Waals surface area contributed by atoms with Crippen LogP contribution in [0.1, 0.15) is 21.6 Å². The average Bonchev–Trinajstić information content (AvgIpc) is 3.03. The molecule has 0 saturated heterocycles. The number of carbonyl (C=O) groups excluding carboxylic acids is 1. The van der Waals surface area contributed by atoms with Crippen LogP contribution in [-0.4, -0.2) is 23.7 Å². The Morgan fingerprint density at radius 3 is 2.79 bits per heavy atom. The molecular weight excluding hydrogens is 298 g/mol. The zero-order chi connectivity index (χ0) is 16.5. The van der Waals surface area contributed by atoms with Crippen LogP contribution in [0.15, 0.2) is 59.7 Å². The number of hydrogen-bond donors (Lipinski definition) is 1. The molecule has 1 aliphatic heterocycles. The van der Waals surface area contributed by atoms with Crippen molar-refractivity contribution in [3.8, 4) is 0 Å². The lowest BCUT2D eigenvalue weighted by Crippen LogP contribution is -2.19. The predicted octanol–water partition coefficient (Wildman–Crippen LogP) is 3.47. The Balaban J connectivity index is 1.61. The maximum atomic E-state index is 12.0. The van der Waals surface area contributed by atoms with Crippen LogP contribution in [0.2, 0.25) is 0 Å². The van der Waals surface area contributed by atoms with Crippen molar-refractivity contribution in [3.05, 3.63) is 71.5 Å². The van der Waals surface area contributed by atoms with E-state index in [2.05, 4.69) is 28.5 Å². The second kappa shape index (κ2) is 5.89. The fourth-order valence-electron chi connectivity index (χ4n) is 3.16. The van der Waals surface area contributed by atoms with E-state index in [4.69, 9.17) is 4.99 Å². The number of carbonyl (C=O) groups is 1. The van der Waals surface area contributed by atoms with Gasteiger partial charge in [0.15, 0.2) is 0 Å². The van der Waals surface area contributed by atoms with Gasteiger partial charge in [0, 0.05) is 48.4 Å². The van der Waals surface area contributed by atoms with Gasteiger partial charge in [-0.1, -0.05) is 30.3 Å². The largest absolute Gasteiger partial charge is 0.355 e. The SMILES string of the molecule is CNC(=O)c1cccc2c1CC(Cc1cc3ccccc3cn1)=N2. The highest BCUT2D eigenvalue weighted by Gasteiger charge is 2.21. The Labute approximate surface area is 140 Å². The van der Waals surface area contributed by atoms with Gasteiger partial charge in [0.05, 0.1) is 5.69 Å². The summed E-state index contributed by atoms with van der Waals surface area (Å²) in [5.41, 5.74) is 4.66. The first-order valence-corrected chi connectivity index (χ1v) is 7.98. The molecule has 4 nitrogen and oxygen atoms in total. The van der Waals surface area contributed by atoms with Crippen LogP contribution in [-0.2, 0) is 12.8 Å². The molecule has 1 N–H and O–H groups in total. The normalized spacial score (nSPS) is 12.8. The lowest BCUT2D eigenvalue weighted by Gasteiger charge is -2.06. The molecule has 24 heavy (non-hydrogen) atoms. The summed E-state index contributed by atoms with van der Waals surface area (Å²) in [7, 11) is 1.65. The third kappa shape index (κ3) is 2.56. The molecule has 0 unspecified atom stereocenters. The molecule has 4 rings (SSSR count). The Morgan fingerprint density at radius 2 is 1.96 bits per heavy atom. The van der Waals surface area contributed by atoms with Gasteiger partial charge in [0.2, 0.25) is 0 Å². The molecule has 0 fully saturated rings. The topological polar surface area (TPSA) is 54.4 Å². The van der Waals surface area contributed by atoms with E-state index in [1.54, 1.807) is 7.05 Å². The summed E-state index contributed by atoms with van der Waals surface area (Å²) in [5.74, 6) is -0.0628. The van der Waals surface area contributed by atoms with Crippen molar-refractivity contribution < 1.29 is 4.79 Å². The molecule has 4 heteroatoms. The molecule has 0 atom stereocenters. The van der Waals surface area contributed by atoms with Gasteiger partial charge < -0.3 is 5.32 Å². The van der Waals surface area contributed by atoms with Crippen molar-refractivity contribution >= 4 is 28.1 Å². The first kappa shape index (κ1) is 14.6. The van der Waals surface area contributed by atoms with Gasteiger partial charge in [0.1, 0.15) is 0 Å². The van der Waals surface area contributed by atoms with Crippen molar-refractivity contribution in [3.63, 3.8) is 0 Å². The van der Waals surface area contributed by atoms with Crippen molar-refractivity contribution in [2.24, 2.45) is 4.99 Å². The number of fused-ring (bicyclic) bond motifs is 2. The minimum absolute atomic E-state index is 0.0628. The maximum absolute atomic E-state index is 12.0. The highest BCUT2D eigenvalue weighted by atomic mass is 16.1. The first-order chi connectivity index (χ1) is 11.7. The number of aromatic nitrogens is 1. The number of hydrogen-bond acceptors (Lipinski definition) is 3. The summed E-state index contributed by atoms with van der Waals surface area (Å²) in [6, 6.07) is 16.0. The average molecular weight is 315 g/mol. The van der Waals surface area contributed by atoms with Crippen molar-refractivity contribution in [1.29, 1.82) is 0 Å². The summed E-state index contributed by atoms with van der Waals surface area (Å²) >= 11 is 0. The van der Waals surface area contributed by atoms with Crippen LogP contribution in [0.25, 0.3) is 10.8 Å². The second-order valence-electron chi connectivity index (χ2n) is 5.94. The molecule has 0 spiro atoms. The standard InChI is InChI=1S/C20H17N3O/c1-21-20(24)17-7-4-8-19-18(17)11-16(23-19)10-15-9-13-5-2-3-6-14(13)12-22-15/h2-9,12H,10-11H2,1H3,(H,21,24). The number of amides is 1. The number of nitrogens with one attached hydrogen (secondary N) is 1. The Morgan fingerprint density at radius 1 is 1.12 bits per heavy atom. The maximum Gasteiger partial charge on any atom is 0.251 e. The van der Waals surface area contributed by atoms with E-state index in [-0.39, 0.29) is 5.91 Å². The van der Waals surface area contributed by atoms with Gasteiger partial charge in [-0.15, -0.1) is 0 Å².